The van der Waals surface area contributed by atoms with Crippen LogP contribution in [0.5, 0.6) is 5.75 Å². The van der Waals surface area contributed by atoms with Crippen molar-refractivity contribution in [2.45, 2.75) is 27.2 Å². The predicted molar refractivity (Wildman–Crippen MR) is 90.3 cm³/mol. The van der Waals surface area contributed by atoms with Crippen LogP contribution < -0.4 is 4.74 Å². The summed E-state index contributed by atoms with van der Waals surface area (Å²) in [4.78, 5) is 11.2. The van der Waals surface area contributed by atoms with E-state index >= 15 is 0 Å². The van der Waals surface area contributed by atoms with Gasteiger partial charge in [0.05, 0.1) is 12.1 Å². The van der Waals surface area contributed by atoms with E-state index in [-0.39, 0.29) is 22.8 Å². The van der Waals surface area contributed by atoms with Crippen LogP contribution in [-0.2, 0) is 6.42 Å². The maximum absolute atomic E-state index is 14.0. The quantitative estimate of drug-likeness (QED) is 0.842. The molecule has 0 fully saturated rings. The highest BCUT2D eigenvalue weighted by molar-refractivity contribution is 6.30. The van der Waals surface area contributed by atoms with Crippen molar-refractivity contribution < 1.29 is 19.0 Å². The second kappa shape index (κ2) is 8.53. The van der Waals surface area contributed by atoms with E-state index in [1.807, 2.05) is 20.8 Å². The van der Waals surface area contributed by atoms with Crippen LogP contribution in [0, 0.1) is 12.7 Å². The third-order valence-electron chi connectivity index (χ3n) is 3.30. The van der Waals surface area contributed by atoms with E-state index in [4.69, 9.17) is 16.3 Å². The molecule has 0 atom stereocenters. The molecule has 0 aliphatic rings. The molecule has 0 radical (unpaired) electrons. The van der Waals surface area contributed by atoms with Gasteiger partial charge in [-0.05, 0) is 41.8 Å². The van der Waals surface area contributed by atoms with Crippen molar-refractivity contribution in [1.82, 2.24) is 0 Å². The first-order chi connectivity index (χ1) is 10.9. The number of carboxylic acid groups (broad SMARTS) is 1. The van der Waals surface area contributed by atoms with Gasteiger partial charge < -0.3 is 9.84 Å². The Hall–Kier alpha value is -2.07. The van der Waals surface area contributed by atoms with Crippen LogP contribution in [0.15, 0.2) is 30.3 Å². The summed E-state index contributed by atoms with van der Waals surface area (Å²) < 4.78 is 19.0. The first kappa shape index (κ1) is 19.0. The van der Waals surface area contributed by atoms with E-state index in [1.54, 1.807) is 18.2 Å². The normalized spacial score (nSPS) is 9.83. The van der Waals surface area contributed by atoms with Gasteiger partial charge in [0.25, 0.3) is 0 Å². The van der Waals surface area contributed by atoms with Gasteiger partial charge in [-0.2, -0.15) is 0 Å². The molecule has 0 bridgehead atoms. The van der Waals surface area contributed by atoms with Crippen molar-refractivity contribution in [2.75, 3.05) is 7.11 Å². The van der Waals surface area contributed by atoms with Crippen LogP contribution in [0.2, 0.25) is 5.02 Å². The van der Waals surface area contributed by atoms with Crippen molar-refractivity contribution in [3.8, 4) is 5.75 Å². The van der Waals surface area contributed by atoms with Crippen LogP contribution in [0.1, 0.15) is 40.9 Å². The summed E-state index contributed by atoms with van der Waals surface area (Å²) in [6.07, 6.45) is 0.266. The third kappa shape index (κ3) is 4.45. The highest BCUT2D eigenvalue weighted by atomic mass is 35.5. The van der Waals surface area contributed by atoms with Crippen molar-refractivity contribution in [2.24, 2.45) is 0 Å². The Morgan fingerprint density at radius 2 is 1.91 bits per heavy atom. The highest BCUT2D eigenvalue weighted by Crippen LogP contribution is 2.27. The summed E-state index contributed by atoms with van der Waals surface area (Å²) in [5, 5.41) is 9.25. The maximum Gasteiger partial charge on any atom is 0.339 e. The molecule has 0 aliphatic carbocycles. The molecule has 0 aliphatic heterocycles. The molecule has 0 heterocycles. The average Bonchev–Trinajstić information content (AvgIpc) is 2.54. The lowest BCUT2D eigenvalue weighted by Gasteiger charge is -2.12. The van der Waals surface area contributed by atoms with Crippen molar-refractivity contribution in [1.29, 1.82) is 0 Å². The summed E-state index contributed by atoms with van der Waals surface area (Å²) in [6.45, 7) is 5.83. The minimum atomic E-state index is -1.08. The fourth-order valence-electron chi connectivity index (χ4n) is 2.14. The topological polar surface area (TPSA) is 46.5 Å². The second-order valence-corrected chi connectivity index (χ2v) is 5.08. The van der Waals surface area contributed by atoms with Gasteiger partial charge in [-0.3, -0.25) is 0 Å². The number of halogens is 2. The van der Waals surface area contributed by atoms with E-state index in [1.165, 1.54) is 19.2 Å². The van der Waals surface area contributed by atoms with Crippen molar-refractivity contribution >= 4 is 17.6 Å². The summed E-state index contributed by atoms with van der Waals surface area (Å²) >= 11 is 5.76. The maximum atomic E-state index is 14.0. The molecule has 2 aromatic rings. The third-order valence-corrected chi connectivity index (χ3v) is 3.59. The molecule has 0 unspecified atom stereocenters. The van der Waals surface area contributed by atoms with Gasteiger partial charge in [0.1, 0.15) is 17.1 Å². The molecule has 0 saturated heterocycles. The smallest absolute Gasteiger partial charge is 0.339 e. The van der Waals surface area contributed by atoms with Crippen LogP contribution >= 0.6 is 11.6 Å². The van der Waals surface area contributed by atoms with E-state index < -0.39 is 11.8 Å². The molecule has 0 saturated carbocycles. The van der Waals surface area contributed by atoms with Crippen molar-refractivity contribution in [3.05, 3.63) is 63.4 Å². The summed E-state index contributed by atoms with van der Waals surface area (Å²) in [5.41, 5.74) is 2.03. The Bertz CT molecular complexity index is 699. The van der Waals surface area contributed by atoms with E-state index in [2.05, 4.69) is 0 Å². The Balaban J connectivity index is 0.00000127. The van der Waals surface area contributed by atoms with Crippen molar-refractivity contribution in [3.63, 3.8) is 0 Å². The molecule has 3 nitrogen and oxygen atoms in total. The molecule has 0 aromatic heterocycles. The minimum Gasteiger partial charge on any atom is -0.496 e. The standard InChI is InChI=1S/C16H14ClFO3.C2H6/c1-9-6-14(21-2)12(16(19)20)8-11(9)7-10-4-3-5-13(17)15(10)18;1-2/h3-6,8H,7H2,1-2H3,(H,19,20);1-2H3. The van der Waals surface area contributed by atoms with Gasteiger partial charge in [-0.15, -0.1) is 0 Å². The van der Waals surface area contributed by atoms with Gasteiger partial charge in [0.15, 0.2) is 0 Å². The lowest BCUT2D eigenvalue weighted by atomic mass is 9.97. The van der Waals surface area contributed by atoms with Crippen LogP contribution in [0.25, 0.3) is 0 Å². The van der Waals surface area contributed by atoms with E-state index in [0.717, 1.165) is 11.1 Å². The molecular formula is C18H20ClFO3. The number of carbonyl (C=O) groups is 1. The zero-order chi connectivity index (χ0) is 17.6. The minimum absolute atomic E-state index is 0.0529. The number of benzene rings is 2. The fourth-order valence-corrected chi connectivity index (χ4v) is 2.34. The molecule has 5 heteroatoms. The second-order valence-electron chi connectivity index (χ2n) is 4.67. The number of methoxy groups -OCH3 is 1. The molecule has 2 rings (SSSR count). The zero-order valence-corrected chi connectivity index (χ0v) is 14.4. The zero-order valence-electron chi connectivity index (χ0n) is 13.6. The molecule has 0 spiro atoms. The van der Waals surface area contributed by atoms with Gasteiger partial charge in [0.2, 0.25) is 0 Å². The number of hydrogen-bond acceptors (Lipinski definition) is 2. The Morgan fingerprint density at radius 3 is 2.48 bits per heavy atom. The number of carboxylic acids is 1. The number of aryl methyl sites for hydroxylation is 1. The summed E-state index contributed by atoms with van der Waals surface area (Å²) in [5.74, 6) is -1.28. The van der Waals surface area contributed by atoms with Crippen LogP contribution in [0.4, 0.5) is 4.39 Å². The number of rotatable bonds is 4. The molecular weight excluding hydrogens is 319 g/mol. The van der Waals surface area contributed by atoms with Gasteiger partial charge in [-0.1, -0.05) is 37.6 Å². The van der Waals surface area contributed by atoms with Crippen LogP contribution in [-0.4, -0.2) is 18.2 Å². The molecule has 2 aromatic carbocycles. The fraction of sp³-hybridized carbons (Fsp3) is 0.278. The Labute approximate surface area is 140 Å². The van der Waals surface area contributed by atoms with E-state index in [0.29, 0.717) is 5.56 Å². The number of ether oxygens (including phenoxy) is 1. The summed E-state index contributed by atoms with van der Waals surface area (Å²) in [6, 6.07) is 7.92. The highest BCUT2D eigenvalue weighted by Gasteiger charge is 2.15. The Morgan fingerprint density at radius 1 is 1.26 bits per heavy atom. The Kier molecular flexibility index (Phi) is 7.04. The lowest BCUT2D eigenvalue weighted by molar-refractivity contribution is 0.0693. The van der Waals surface area contributed by atoms with E-state index in [9.17, 15) is 14.3 Å². The first-order valence-electron chi connectivity index (χ1n) is 7.27. The largest absolute Gasteiger partial charge is 0.496 e. The summed E-state index contributed by atoms with van der Waals surface area (Å²) in [7, 11) is 1.41. The van der Waals surface area contributed by atoms with Gasteiger partial charge in [-0.25, -0.2) is 9.18 Å². The molecule has 23 heavy (non-hydrogen) atoms. The number of hydrogen-bond donors (Lipinski definition) is 1. The van der Waals surface area contributed by atoms with Crippen LogP contribution in [0.3, 0.4) is 0 Å². The first-order valence-corrected chi connectivity index (χ1v) is 7.65. The predicted octanol–water partition coefficient (Wildman–Crippen LogP) is 5.11. The van der Waals surface area contributed by atoms with Gasteiger partial charge in [0, 0.05) is 6.42 Å². The molecule has 124 valence electrons. The molecule has 0 amide bonds. The average molecular weight is 339 g/mol. The lowest BCUT2D eigenvalue weighted by Crippen LogP contribution is -2.04. The monoisotopic (exact) mass is 338 g/mol. The SMILES string of the molecule is CC.COc1cc(C)c(Cc2cccc(Cl)c2F)cc1C(=O)O. The molecule has 1 N–H and O–H groups in total. The van der Waals surface area contributed by atoms with Gasteiger partial charge >= 0.3 is 5.97 Å². The number of aromatic carboxylic acids is 1.